The maximum atomic E-state index is 12.0. The number of urea groups is 1. The zero-order valence-corrected chi connectivity index (χ0v) is 13.0. The van der Waals surface area contributed by atoms with Gasteiger partial charge in [-0.25, -0.2) is 4.79 Å². The molecule has 1 aliphatic carbocycles. The fourth-order valence-electron chi connectivity index (χ4n) is 2.90. The Bertz CT molecular complexity index is 344. The van der Waals surface area contributed by atoms with Crippen molar-refractivity contribution in [2.75, 3.05) is 0 Å². The van der Waals surface area contributed by atoms with Crippen LogP contribution in [0.5, 0.6) is 0 Å². The topological polar surface area (TPSA) is 78.4 Å². The first-order chi connectivity index (χ1) is 9.29. The summed E-state index contributed by atoms with van der Waals surface area (Å²) in [4.78, 5) is 22.8. The average molecular weight is 284 g/mol. The molecule has 0 spiro atoms. The predicted octanol–water partition coefficient (Wildman–Crippen LogP) is 2.61. The third kappa shape index (κ3) is 5.39. The molecular formula is C15H28N2O3. The molecule has 5 heteroatoms. The van der Waals surface area contributed by atoms with Crippen LogP contribution >= 0.6 is 0 Å². The van der Waals surface area contributed by atoms with E-state index < -0.39 is 5.97 Å². The number of aliphatic carboxylic acids is 1. The number of carboxylic acid groups (broad SMARTS) is 1. The molecule has 0 aromatic carbocycles. The minimum atomic E-state index is -0.885. The SMILES string of the molecule is CC1CCC(NC(=O)NC(CC(=O)O)C(C)C)C(C)C1. The average Bonchev–Trinajstić information content (AvgIpc) is 2.31. The van der Waals surface area contributed by atoms with Crippen molar-refractivity contribution in [3.63, 3.8) is 0 Å². The summed E-state index contributed by atoms with van der Waals surface area (Å²) >= 11 is 0. The third-order valence-electron chi connectivity index (χ3n) is 4.26. The fourth-order valence-corrected chi connectivity index (χ4v) is 2.90. The van der Waals surface area contributed by atoms with E-state index in [1.807, 2.05) is 13.8 Å². The number of carbonyl (C=O) groups excluding carboxylic acids is 1. The summed E-state index contributed by atoms with van der Waals surface area (Å²) in [6.45, 7) is 8.24. The maximum absolute atomic E-state index is 12.0. The first-order valence-electron chi connectivity index (χ1n) is 7.58. The Morgan fingerprint density at radius 2 is 1.90 bits per heavy atom. The van der Waals surface area contributed by atoms with E-state index >= 15 is 0 Å². The van der Waals surface area contributed by atoms with E-state index in [4.69, 9.17) is 5.11 Å². The lowest BCUT2D eigenvalue weighted by Crippen LogP contribution is -2.51. The predicted molar refractivity (Wildman–Crippen MR) is 78.5 cm³/mol. The molecule has 5 nitrogen and oxygen atoms in total. The number of hydrogen-bond donors (Lipinski definition) is 3. The highest BCUT2D eigenvalue weighted by Crippen LogP contribution is 2.28. The van der Waals surface area contributed by atoms with Crippen LogP contribution in [0.2, 0.25) is 0 Å². The molecule has 1 rings (SSSR count). The molecule has 2 amide bonds. The lowest BCUT2D eigenvalue weighted by atomic mass is 9.80. The molecular weight excluding hydrogens is 256 g/mol. The number of nitrogens with one attached hydrogen (secondary N) is 2. The Morgan fingerprint density at radius 3 is 2.40 bits per heavy atom. The Hall–Kier alpha value is -1.26. The molecule has 0 aliphatic heterocycles. The Kier molecular flexibility index (Phi) is 6.30. The second kappa shape index (κ2) is 7.50. The first-order valence-corrected chi connectivity index (χ1v) is 7.58. The molecule has 1 fully saturated rings. The number of rotatable bonds is 5. The highest BCUT2D eigenvalue weighted by atomic mass is 16.4. The van der Waals surface area contributed by atoms with Gasteiger partial charge in [-0.3, -0.25) is 4.79 Å². The summed E-state index contributed by atoms with van der Waals surface area (Å²) in [5.74, 6) is 0.410. The first kappa shape index (κ1) is 16.8. The van der Waals surface area contributed by atoms with Gasteiger partial charge in [0.15, 0.2) is 0 Å². The summed E-state index contributed by atoms with van der Waals surface area (Å²) in [5, 5.41) is 14.7. The van der Waals surface area contributed by atoms with Crippen molar-refractivity contribution >= 4 is 12.0 Å². The van der Waals surface area contributed by atoms with Gasteiger partial charge in [0.2, 0.25) is 0 Å². The molecule has 1 saturated carbocycles. The molecule has 0 bridgehead atoms. The molecule has 4 atom stereocenters. The molecule has 0 radical (unpaired) electrons. The van der Waals surface area contributed by atoms with Crippen molar-refractivity contribution in [2.24, 2.45) is 17.8 Å². The van der Waals surface area contributed by atoms with Gasteiger partial charge in [-0.2, -0.15) is 0 Å². The smallest absolute Gasteiger partial charge is 0.315 e. The van der Waals surface area contributed by atoms with Gasteiger partial charge >= 0.3 is 12.0 Å². The van der Waals surface area contributed by atoms with Gasteiger partial charge < -0.3 is 15.7 Å². The molecule has 4 unspecified atom stereocenters. The standard InChI is InChI=1S/C15H28N2O3/c1-9(2)13(8-14(18)19)17-15(20)16-12-6-5-10(3)7-11(12)4/h9-13H,5-8H2,1-4H3,(H,18,19)(H2,16,17,20). The Labute approximate surface area is 121 Å². The van der Waals surface area contributed by atoms with Crippen LogP contribution in [-0.4, -0.2) is 29.2 Å². The van der Waals surface area contributed by atoms with Crippen LogP contribution in [0.25, 0.3) is 0 Å². The lowest BCUT2D eigenvalue weighted by molar-refractivity contribution is -0.137. The minimum Gasteiger partial charge on any atom is -0.481 e. The van der Waals surface area contributed by atoms with E-state index in [1.165, 1.54) is 0 Å². The van der Waals surface area contributed by atoms with Gasteiger partial charge in [0.25, 0.3) is 0 Å². The minimum absolute atomic E-state index is 0.0393. The van der Waals surface area contributed by atoms with Crippen molar-refractivity contribution in [1.29, 1.82) is 0 Å². The molecule has 0 saturated heterocycles. The van der Waals surface area contributed by atoms with Crippen molar-refractivity contribution in [1.82, 2.24) is 10.6 Å². The second-order valence-electron chi connectivity index (χ2n) is 6.57. The zero-order valence-electron chi connectivity index (χ0n) is 13.0. The zero-order chi connectivity index (χ0) is 15.3. The largest absolute Gasteiger partial charge is 0.481 e. The van der Waals surface area contributed by atoms with Gasteiger partial charge in [-0.05, 0) is 37.0 Å². The van der Waals surface area contributed by atoms with Gasteiger partial charge in [0.05, 0.1) is 6.42 Å². The summed E-state index contributed by atoms with van der Waals surface area (Å²) in [7, 11) is 0. The normalized spacial score (nSPS) is 27.9. The molecule has 0 aromatic heterocycles. The van der Waals surface area contributed by atoms with Gasteiger partial charge in [0.1, 0.15) is 0 Å². The van der Waals surface area contributed by atoms with Crippen LogP contribution in [0.3, 0.4) is 0 Å². The summed E-state index contributed by atoms with van der Waals surface area (Å²) in [6.07, 6.45) is 3.23. The molecule has 1 aliphatic rings. The number of amides is 2. The quantitative estimate of drug-likeness (QED) is 0.726. The van der Waals surface area contributed by atoms with Crippen LogP contribution in [-0.2, 0) is 4.79 Å². The van der Waals surface area contributed by atoms with E-state index in [2.05, 4.69) is 24.5 Å². The molecule has 0 heterocycles. The summed E-state index contributed by atoms with van der Waals surface area (Å²) in [5.41, 5.74) is 0. The third-order valence-corrected chi connectivity index (χ3v) is 4.26. The summed E-state index contributed by atoms with van der Waals surface area (Å²) < 4.78 is 0. The molecule has 0 aromatic rings. The monoisotopic (exact) mass is 284 g/mol. The van der Waals surface area contributed by atoms with Gasteiger partial charge in [0, 0.05) is 12.1 Å². The molecule has 3 N–H and O–H groups in total. The molecule has 20 heavy (non-hydrogen) atoms. The Morgan fingerprint density at radius 1 is 1.25 bits per heavy atom. The second-order valence-corrected chi connectivity index (χ2v) is 6.57. The van der Waals surface area contributed by atoms with Crippen molar-refractivity contribution in [3.8, 4) is 0 Å². The highest BCUT2D eigenvalue weighted by molar-refractivity contribution is 5.76. The molecule has 116 valence electrons. The highest BCUT2D eigenvalue weighted by Gasteiger charge is 2.27. The summed E-state index contributed by atoms with van der Waals surface area (Å²) in [6, 6.07) is -0.370. The van der Waals surface area contributed by atoms with E-state index in [-0.39, 0.29) is 30.5 Å². The van der Waals surface area contributed by atoms with Gasteiger partial charge in [-0.15, -0.1) is 0 Å². The van der Waals surface area contributed by atoms with Crippen LogP contribution in [0.1, 0.15) is 53.4 Å². The number of carboxylic acids is 1. The lowest BCUT2D eigenvalue weighted by Gasteiger charge is -2.33. The van der Waals surface area contributed by atoms with Gasteiger partial charge in [-0.1, -0.05) is 27.7 Å². The number of carbonyl (C=O) groups is 2. The van der Waals surface area contributed by atoms with E-state index in [0.29, 0.717) is 5.92 Å². The van der Waals surface area contributed by atoms with Crippen LogP contribution in [0, 0.1) is 17.8 Å². The van der Waals surface area contributed by atoms with E-state index in [0.717, 1.165) is 25.2 Å². The van der Waals surface area contributed by atoms with Crippen molar-refractivity contribution in [3.05, 3.63) is 0 Å². The van der Waals surface area contributed by atoms with Crippen LogP contribution in [0.15, 0.2) is 0 Å². The van der Waals surface area contributed by atoms with Crippen molar-refractivity contribution in [2.45, 2.75) is 65.5 Å². The number of hydrogen-bond acceptors (Lipinski definition) is 2. The van der Waals surface area contributed by atoms with E-state index in [1.54, 1.807) is 0 Å². The maximum Gasteiger partial charge on any atom is 0.315 e. The Balaban J connectivity index is 2.47. The van der Waals surface area contributed by atoms with E-state index in [9.17, 15) is 9.59 Å². The van der Waals surface area contributed by atoms with Crippen LogP contribution in [0.4, 0.5) is 4.79 Å². The van der Waals surface area contributed by atoms with Crippen molar-refractivity contribution < 1.29 is 14.7 Å². The fraction of sp³-hybridized carbons (Fsp3) is 0.867. The van der Waals surface area contributed by atoms with Crippen LogP contribution < -0.4 is 10.6 Å².